The van der Waals surface area contributed by atoms with Crippen LogP contribution in [-0.2, 0) is 4.79 Å². The van der Waals surface area contributed by atoms with Crippen LogP contribution < -0.4 is 0 Å². The van der Waals surface area contributed by atoms with Crippen LogP contribution in [0.4, 0.5) is 4.39 Å². The zero-order chi connectivity index (χ0) is 13.0. The number of hydrogen-bond donors (Lipinski definition) is 1. The number of aromatic nitrogens is 1. The molecule has 1 heterocycles. The molecule has 0 aliphatic rings. The summed E-state index contributed by atoms with van der Waals surface area (Å²) < 4.78 is 13.9. The SMILES string of the molecule is O=C(O)/C=C/c1cccc(F)c1-c1cccnc1. The van der Waals surface area contributed by atoms with E-state index in [4.69, 9.17) is 5.11 Å². The van der Waals surface area contributed by atoms with Crippen molar-refractivity contribution < 1.29 is 14.3 Å². The third-order valence-electron chi connectivity index (χ3n) is 2.40. The van der Waals surface area contributed by atoms with Gasteiger partial charge in [-0.25, -0.2) is 9.18 Å². The molecule has 0 saturated heterocycles. The summed E-state index contributed by atoms with van der Waals surface area (Å²) in [6.07, 6.45) is 5.48. The highest BCUT2D eigenvalue weighted by Crippen LogP contribution is 2.27. The lowest BCUT2D eigenvalue weighted by atomic mass is 10.00. The first-order valence-electron chi connectivity index (χ1n) is 5.28. The van der Waals surface area contributed by atoms with E-state index < -0.39 is 11.8 Å². The van der Waals surface area contributed by atoms with Crippen LogP contribution in [-0.4, -0.2) is 16.1 Å². The molecule has 2 rings (SSSR count). The van der Waals surface area contributed by atoms with E-state index in [1.54, 1.807) is 24.4 Å². The molecule has 0 bridgehead atoms. The first-order chi connectivity index (χ1) is 8.68. The predicted octanol–water partition coefficient (Wildman–Crippen LogP) is 2.99. The number of halogens is 1. The fourth-order valence-electron chi connectivity index (χ4n) is 1.66. The molecule has 2 aromatic rings. The maximum Gasteiger partial charge on any atom is 0.328 e. The lowest BCUT2D eigenvalue weighted by Crippen LogP contribution is -1.91. The summed E-state index contributed by atoms with van der Waals surface area (Å²) in [4.78, 5) is 14.4. The van der Waals surface area contributed by atoms with E-state index >= 15 is 0 Å². The van der Waals surface area contributed by atoms with Crippen molar-refractivity contribution in [2.75, 3.05) is 0 Å². The maximum atomic E-state index is 13.9. The third kappa shape index (κ3) is 2.60. The van der Waals surface area contributed by atoms with Crippen molar-refractivity contribution in [3.05, 3.63) is 60.2 Å². The summed E-state index contributed by atoms with van der Waals surface area (Å²) in [5.74, 6) is -1.48. The number of carboxylic acids is 1. The van der Waals surface area contributed by atoms with E-state index in [0.717, 1.165) is 6.08 Å². The standard InChI is InChI=1S/C14H10FNO2/c15-12-5-1-3-10(6-7-13(17)18)14(12)11-4-2-8-16-9-11/h1-9H,(H,17,18)/b7-6+. The summed E-state index contributed by atoms with van der Waals surface area (Å²) in [7, 11) is 0. The summed E-state index contributed by atoms with van der Waals surface area (Å²) in [5, 5.41) is 8.61. The minimum absolute atomic E-state index is 0.350. The van der Waals surface area contributed by atoms with Crippen LogP contribution >= 0.6 is 0 Å². The predicted molar refractivity (Wildman–Crippen MR) is 66.3 cm³/mol. The lowest BCUT2D eigenvalue weighted by molar-refractivity contribution is -0.131. The van der Waals surface area contributed by atoms with Gasteiger partial charge in [0.1, 0.15) is 5.82 Å². The normalized spacial score (nSPS) is 10.7. The van der Waals surface area contributed by atoms with Gasteiger partial charge in [0.15, 0.2) is 0 Å². The average Bonchev–Trinajstić information content (AvgIpc) is 2.37. The van der Waals surface area contributed by atoms with Crippen LogP contribution in [0.1, 0.15) is 5.56 Å². The second-order valence-corrected chi connectivity index (χ2v) is 3.62. The zero-order valence-electron chi connectivity index (χ0n) is 9.38. The van der Waals surface area contributed by atoms with Gasteiger partial charge < -0.3 is 5.11 Å². The Morgan fingerprint density at radius 1 is 1.28 bits per heavy atom. The van der Waals surface area contributed by atoms with Crippen LogP contribution in [0, 0.1) is 5.82 Å². The largest absolute Gasteiger partial charge is 0.478 e. The Balaban J connectivity index is 2.55. The summed E-state index contributed by atoms with van der Waals surface area (Å²) >= 11 is 0. The molecule has 0 aliphatic carbocycles. The molecular weight excluding hydrogens is 233 g/mol. The van der Waals surface area contributed by atoms with Crippen molar-refractivity contribution in [1.29, 1.82) is 0 Å². The number of benzene rings is 1. The molecule has 0 fully saturated rings. The highest BCUT2D eigenvalue weighted by Gasteiger charge is 2.09. The van der Waals surface area contributed by atoms with E-state index in [0.29, 0.717) is 16.7 Å². The Labute approximate surface area is 103 Å². The van der Waals surface area contributed by atoms with E-state index in [9.17, 15) is 9.18 Å². The molecule has 90 valence electrons. The molecule has 3 nitrogen and oxygen atoms in total. The van der Waals surface area contributed by atoms with Crippen molar-refractivity contribution in [3.8, 4) is 11.1 Å². The highest BCUT2D eigenvalue weighted by molar-refractivity contribution is 5.87. The van der Waals surface area contributed by atoms with Crippen molar-refractivity contribution in [3.63, 3.8) is 0 Å². The number of carbonyl (C=O) groups is 1. The van der Waals surface area contributed by atoms with Gasteiger partial charge in [-0.1, -0.05) is 18.2 Å². The second kappa shape index (κ2) is 5.23. The Morgan fingerprint density at radius 3 is 2.78 bits per heavy atom. The number of carboxylic acid groups (broad SMARTS) is 1. The number of rotatable bonds is 3. The Kier molecular flexibility index (Phi) is 3.48. The Bertz CT molecular complexity index is 594. The average molecular weight is 243 g/mol. The van der Waals surface area contributed by atoms with Crippen LogP contribution in [0.15, 0.2) is 48.8 Å². The van der Waals surface area contributed by atoms with Crippen LogP contribution in [0.3, 0.4) is 0 Å². The molecule has 1 aromatic heterocycles. The highest BCUT2D eigenvalue weighted by atomic mass is 19.1. The van der Waals surface area contributed by atoms with E-state index in [1.807, 2.05) is 0 Å². The van der Waals surface area contributed by atoms with Crippen LogP contribution in [0.25, 0.3) is 17.2 Å². The summed E-state index contributed by atoms with van der Waals surface area (Å²) in [6, 6.07) is 7.96. The Morgan fingerprint density at radius 2 is 2.11 bits per heavy atom. The molecule has 0 atom stereocenters. The van der Waals surface area contributed by atoms with Crippen molar-refractivity contribution in [2.24, 2.45) is 0 Å². The molecule has 0 spiro atoms. The molecule has 0 aliphatic heterocycles. The van der Waals surface area contributed by atoms with Crippen LogP contribution in [0.5, 0.6) is 0 Å². The van der Waals surface area contributed by atoms with Crippen molar-refractivity contribution in [1.82, 2.24) is 4.98 Å². The molecule has 1 N–H and O–H groups in total. The van der Waals surface area contributed by atoms with Gasteiger partial charge >= 0.3 is 5.97 Å². The smallest absolute Gasteiger partial charge is 0.328 e. The fourth-order valence-corrected chi connectivity index (χ4v) is 1.66. The minimum Gasteiger partial charge on any atom is -0.478 e. The fraction of sp³-hybridized carbons (Fsp3) is 0. The monoisotopic (exact) mass is 243 g/mol. The van der Waals surface area contributed by atoms with E-state index in [2.05, 4.69) is 4.98 Å². The lowest BCUT2D eigenvalue weighted by Gasteiger charge is -2.07. The summed E-state index contributed by atoms with van der Waals surface area (Å²) in [6.45, 7) is 0. The van der Waals surface area contributed by atoms with Gasteiger partial charge in [-0.3, -0.25) is 4.98 Å². The van der Waals surface area contributed by atoms with Gasteiger partial charge in [0.25, 0.3) is 0 Å². The Hall–Kier alpha value is -2.49. The first-order valence-corrected chi connectivity index (χ1v) is 5.28. The van der Waals surface area contributed by atoms with Gasteiger partial charge in [-0.15, -0.1) is 0 Å². The van der Waals surface area contributed by atoms with Crippen molar-refractivity contribution in [2.45, 2.75) is 0 Å². The molecular formula is C14H10FNO2. The van der Waals surface area contributed by atoms with Gasteiger partial charge in [0.05, 0.1) is 0 Å². The number of pyridine rings is 1. The summed E-state index contributed by atoms with van der Waals surface area (Å²) in [5.41, 5.74) is 1.47. The molecule has 0 unspecified atom stereocenters. The van der Waals surface area contributed by atoms with Crippen LogP contribution in [0.2, 0.25) is 0 Å². The number of nitrogens with zero attached hydrogens (tertiary/aromatic N) is 1. The maximum absolute atomic E-state index is 13.9. The zero-order valence-corrected chi connectivity index (χ0v) is 9.38. The molecule has 18 heavy (non-hydrogen) atoms. The molecule has 4 heteroatoms. The van der Waals surface area contributed by atoms with E-state index in [1.165, 1.54) is 24.4 Å². The quantitative estimate of drug-likeness (QED) is 0.843. The second-order valence-electron chi connectivity index (χ2n) is 3.62. The number of hydrogen-bond acceptors (Lipinski definition) is 2. The van der Waals surface area contributed by atoms with Gasteiger partial charge in [-0.2, -0.15) is 0 Å². The topological polar surface area (TPSA) is 50.2 Å². The van der Waals surface area contributed by atoms with Gasteiger partial charge in [0, 0.05) is 29.6 Å². The number of aliphatic carboxylic acids is 1. The molecule has 0 saturated carbocycles. The first kappa shape index (κ1) is 12.0. The minimum atomic E-state index is -1.07. The molecule has 1 aromatic carbocycles. The van der Waals surface area contributed by atoms with Gasteiger partial charge in [-0.05, 0) is 23.8 Å². The van der Waals surface area contributed by atoms with E-state index in [-0.39, 0.29) is 0 Å². The van der Waals surface area contributed by atoms with Gasteiger partial charge in [0.2, 0.25) is 0 Å². The molecule has 0 radical (unpaired) electrons. The third-order valence-corrected chi connectivity index (χ3v) is 2.40. The molecule has 0 amide bonds. The van der Waals surface area contributed by atoms with Crippen molar-refractivity contribution >= 4 is 12.0 Å².